The second kappa shape index (κ2) is 13.8. The highest BCUT2D eigenvalue weighted by Crippen LogP contribution is 1.98. The normalized spacial score (nSPS) is 11.7. The summed E-state index contributed by atoms with van der Waals surface area (Å²) in [6.07, 6.45) is 0.837. The summed E-state index contributed by atoms with van der Waals surface area (Å²) in [5, 5.41) is 33.2. The van der Waals surface area contributed by atoms with Crippen molar-refractivity contribution in [2.24, 2.45) is 0 Å². The summed E-state index contributed by atoms with van der Waals surface area (Å²) < 4.78 is 0. The molecule has 0 saturated heterocycles. The first-order valence-electron chi connectivity index (χ1n) is 6.05. The smallest absolute Gasteiger partial charge is 0.330 e. The van der Waals surface area contributed by atoms with Crippen molar-refractivity contribution in [3.8, 4) is 0 Å². The number of aliphatic hydroxyl groups excluding tert-OH is 2. The van der Waals surface area contributed by atoms with Gasteiger partial charge in [-0.05, 0) is 40.5 Å². The third kappa shape index (κ3) is 29.9. The zero-order chi connectivity index (χ0) is 16.9. The molecule has 0 bridgehead atoms. The van der Waals surface area contributed by atoms with Gasteiger partial charge in [0.25, 0.3) is 0 Å². The number of aliphatic hydroxyl groups is 2. The maximum atomic E-state index is 9.60. The lowest BCUT2D eigenvalue weighted by Gasteiger charge is -2.04. The zero-order valence-electron chi connectivity index (χ0n) is 12.6. The third-order valence-electron chi connectivity index (χ3n) is 1.73. The molecule has 0 amide bonds. The Bertz CT molecular complexity index is 262. The predicted molar refractivity (Wildman–Crippen MR) is 77.5 cm³/mol. The Labute approximate surface area is 120 Å². The maximum absolute atomic E-state index is 9.60. The molecule has 0 aliphatic heterocycles. The van der Waals surface area contributed by atoms with E-state index in [0.717, 1.165) is 0 Å². The SMILES string of the molecule is C=C(C)C(=O)O.C=C(C)C(=O)O.CC(O)CCC(C)O. The number of carbonyl (C=O) groups is 2. The van der Waals surface area contributed by atoms with Crippen LogP contribution in [0.2, 0.25) is 0 Å². The van der Waals surface area contributed by atoms with E-state index in [1.165, 1.54) is 13.8 Å². The van der Waals surface area contributed by atoms with E-state index in [4.69, 9.17) is 20.4 Å². The van der Waals surface area contributed by atoms with Crippen molar-refractivity contribution < 1.29 is 30.0 Å². The molecule has 0 aliphatic rings. The van der Waals surface area contributed by atoms with E-state index in [1.54, 1.807) is 13.8 Å². The van der Waals surface area contributed by atoms with E-state index >= 15 is 0 Å². The molecule has 118 valence electrons. The minimum Gasteiger partial charge on any atom is -0.478 e. The van der Waals surface area contributed by atoms with Gasteiger partial charge in [-0.25, -0.2) is 9.59 Å². The molecule has 2 atom stereocenters. The summed E-state index contributed by atoms with van der Waals surface area (Å²) in [7, 11) is 0. The van der Waals surface area contributed by atoms with Gasteiger partial charge in [0.05, 0.1) is 12.2 Å². The molecule has 2 unspecified atom stereocenters. The lowest BCUT2D eigenvalue weighted by molar-refractivity contribution is -0.133. The Kier molecular flexibility index (Phi) is 16.1. The molecule has 0 aliphatic carbocycles. The van der Waals surface area contributed by atoms with Crippen LogP contribution >= 0.6 is 0 Å². The van der Waals surface area contributed by atoms with Crippen LogP contribution in [0.4, 0.5) is 0 Å². The molecular formula is C14H26O6. The second-order valence-electron chi connectivity index (χ2n) is 4.45. The van der Waals surface area contributed by atoms with Crippen LogP contribution in [0.15, 0.2) is 24.3 Å². The molecule has 0 aromatic carbocycles. The summed E-state index contributed by atoms with van der Waals surface area (Å²) >= 11 is 0. The minimum atomic E-state index is -0.935. The van der Waals surface area contributed by atoms with Crippen molar-refractivity contribution in [2.75, 3.05) is 0 Å². The number of carboxylic acid groups (broad SMARTS) is 2. The van der Waals surface area contributed by atoms with Gasteiger partial charge in [0.15, 0.2) is 0 Å². The number of hydrogen-bond acceptors (Lipinski definition) is 4. The highest BCUT2D eigenvalue weighted by molar-refractivity contribution is 5.85. The summed E-state index contributed by atoms with van der Waals surface area (Å²) in [6.45, 7) is 12.7. The topological polar surface area (TPSA) is 115 Å². The van der Waals surface area contributed by atoms with Crippen molar-refractivity contribution in [1.29, 1.82) is 0 Å². The first-order chi connectivity index (χ1) is 8.91. The molecule has 0 heterocycles. The summed E-state index contributed by atoms with van der Waals surface area (Å²) in [5.41, 5.74) is 0.352. The van der Waals surface area contributed by atoms with Gasteiger partial charge in [0, 0.05) is 11.1 Å². The largest absolute Gasteiger partial charge is 0.478 e. The Morgan fingerprint density at radius 2 is 1.00 bits per heavy atom. The Balaban J connectivity index is -0.000000221. The predicted octanol–water partition coefficient (Wildman–Crippen LogP) is 1.82. The van der Waals surface area contributed by atoms with Gasteiger partial charge in [-0.2, -0.15) is 0 Å². The molecule has 0 saturated carbocycles. The van der Waals surface area contributed by atoms with Crippen LogP contribution < -0.4 is 0 Å². The highest BCUT2D eigenvalue weighted by Gasteiger charge is 1.98. The van der Waals surface area contributed by atoms with Crippen LogP contribution in [0.5, 0.6) is 0 Å². The molecule has 0 rings (SSSR count). The Morgan fingerprint density at radius 1 is 0.850 bits per heavy atom. The zero-order valence-corrected chi connectivity index (χ0v) is 12.6. The molecular weight excluding hydrogens is 264 g/mol. The summed E-state index contributed by atoms with van der Waals surface area (Å²) in [4.78, 5) is 19.2. The van der Waals surface area contributed by atoms with Crippen LogP contribution in [0.1, 0.15) is 40.5 Å². The monoisotopic (exact) mass is 290 g/mol. The fourth-order valence-corrected chi connectivity index (χ4v) is 0.482. The van der Waals surface area contributed by atoms with Gasteiger partial charge in [-0.3, -0.25) is 0 Å². The first kappa shape index (κ1) is 23.4. The number of hydrogen-bond donors (Lipinski definition) is 4. The molecule has 0 aromatic rings. The molecule has 0 spiro atoms. The number of rotatable bonds is 5. The van der Waals surface area contributed by atoms with Crippen molar-refractivity contribution in [2.45, 2.75) is 52.7 Å². The van der Waals surface area contributed by atoms with Gasteiger partial charge in [0.1, 0.15) is 0 Å². The van der Waals surface area contributed by atoms with E-state index < -0.39 is 11.9 Å². The van der Waals surface area contributed by atoms with Gasteiger partial charge in [0.2, 0.25) is 0 Å². The molecule has 0 aromatic heterocycles. The molecule has 0 radical (unpaired) electrons. The minimum absolute atomic E-state index is 0.176. The second-order valence-corrected chi connectivity index (χ2v) is 4.45. The lowest BCUT2D eigenvalue weighted by atomic mass is 10.1. The molecule has 6 nitrogen and oxygen atoms in total. The van der Waals surface area contributed by atoms with E-state index in [2.05, 4.69) is 13.2 Å². The summed E-state index contributed by atoms with van der Waals surface area (Å²) in [6, 6.07) is 0. The van der Waals surface area contributed by atoms with E-state index in [1.807, 2.05) is 0 Å². The van der Waals surface area contributed by atoms with Crippen LogP contribution in [0, 0.1) is 0 Å². The highest BCUT2D eigenvalue weighted by atomic mass is 16.4. The lowest BCUT2D eigenvalue weighted by Crippen LogP contribution is -2.06. The van der Waals surface area contributed by atoms with E-state index in [0.29, 0.717) is 12.8 Å². The van der Waals surface area contributed by atoms with Crippen molar-refractivity contribution in [3.63, 3.8) is 0 Å². The van der Waals surface area contributed by atoms with Gasteiger partial charge in [-0.1, -0.05) is 13.2 Å². The van der Waals surface area contributed by atoms with Crippen molar-refractivity contribution >= 4 is 11.9 Å². The molecule has 20 heavy (non-hydrogen) atoms. The van der Waals surface area contributed by atoms with Crippen LogP contribution in [-0.2, 0) is 9.59 Å². The van der Waals surface area contributed by atoms with Crippen molar-refractivity contribution in [1.82, 2.24) is 0 Å². The van der Waals surface area contributed by atoms with E-state index in [-0.39, 0.29) is 23.4 Å². The van der Waals surface area contributed by atoms with Gasteiger partial charge >= 0.3 is 11.9 Å². The van der Waals surface area contributed by atoms with Crippen LogP contribution in [-0.4, -0.2) is 44.6 Å². The molecule has 4 N–H and O–H groups in total. The Morgan fingerprint density at radius 3 is 1.05 bits per heavy atom. The third-order valence-corrected chi connectivity index (χ3v) is 1.73. The number of carboxylic acids is 2. The van der Waals surface area contributed by atoms with Crippen LogP contribution in [0.25, 0.3) is 0 Å². The average Bonchev–Trinajstić information content (AvgIpc) is 2.27. The molecule has 6 heteroatoms. The van der Waals surface area contributed by atoms with Crippen molar-refractivity contribution in [3.05, 3.63) is 24.3 Å². The fourth-order valence-electron chi connectivity index (χ4n) is 0.482. The van der Waals surface area contributed by atoms with E-state index in [9.17, 15) is 9.59 Å². The number of aliphatic carboxylic acids is 2. The molecule has 0 fully saturated rings. The van der Waals surface area contributed by atoms with Crippen LogP contribution in [0.3, 0.4) is 0 Å². The van der Waals surface area contributed by atoms with Gasteiger partial charge < -0.3 is 20.4 Å². The van der Waals surface area contributed by atoms with Gasteiger partial charge in [-0.15, -0.1) is 0 Å². The summed E-state index contributed by atoms with van der Waals surface area (Å²) in [5.74, 6) is -1.87. The standard InChI is InChI=1S/C6H14O2.2C4H6O2/c1-5(7)3-4-6(2)8;2*1-3(2)4(5)6/h5-8H,3-4H2,1-2H3;2*1H2,2H3,(H,5,6). The maximum Gasteiger partial charge on any atom is 0.330 e. The first-order valence-corrected chi connectivity index (χ1v) is 6.05. The Hall–Kier alpha value is -1.66. The quantitative estimate of drug-likeness (QED) is 0.574. The fraction of sp³-hybridized carbons (Fsp3) is 0.571. The average molecular weight is 290 g/mol.